The molecule has 1 aromatic rings. The number of esters is 1. The quantitative estimate of drug-likeness (QED) is 0.598. The van der Waals surface area contributed by atoms with E-state index < -0.39 is 34.4 Å². The predicted octanol–water partition coefficient (Wildman–Crippen LogP) is 1.67. The first kappa shape index (κ1) is 22.0. The average molecular weight is 413 g/mol. The summed E-state index contributed by atoms with van der Waals surface area (Å²) in [4.78, 5) is 26.8. The molecule has 0 N–H and O–H groups in total. The molecule has 1 heterocycles. The SMILES string of the molecule is CC[C@H](C)N(C(=O)COC(=O)c1cccc(OC)c1OC)[C@@H]1CCS(=O)(=O)C1. The Labute approximate surface area is 165 Å². The van der Waals surface area contributed by atoms with Crippen molar-refractivity contribution >= 4 is 21.7 Å². The molecule has 0 aliphatic carbocycles. The van der Waals surface area contributed by atoms with E-state index in [0.717, 1.165) is 0 Å². The molecule has 1 fully saturated rings. The van der Waals surface area contributed by atoms with Crippen molar-refractivity contribution in [2.75, 3.05) is 32.3 Å². The van der Waals surface area contributed by atoms with Crippen molar-refractivity contribution in [2.24, 2.45) is 0 Å². The molecule has 0 bridgehead atoms. The van der Waals surface area contributed by atoms with Crippen molar-refractivity contribution in [1.29, 1.82) is 0 Å². The maximum Gasteiger partial charge on any atom is 0.342 e. The Hall–Kier alpha value is -2.29. The summed E-state index contributed by atoms with van der Waals surface area (Å²) < 4.78 is 39.2. The highest BCUT2D eigenvalue weighted by Crippen LogP contribution is 2.31. The van der Waals surface area contributed by atoms with E-state index in [9.17, 15) is 18.0 Å². The maximum absolute atomic E-state index is 12.8. The van der Waals surface area contributed by atoms with Crippen LogP contribution in [0.2, 0.25) is 0 Å². The van der Waals surface area contributed by atoms with Crippen LogP contribution in [-0.2, 0) is 19.4 Å². The molecule has 8 nitrogen and oxygen atoms in total. The van der Waals surface area contributed by atoms with Crippen LogP contribution in [0.3, 0.4) is 0 Å². The highest BCUT2D eigenvalue weighted by molar-refractivity contribution is 7.91. The number of amides is 1. The average Bonchev–Trinajstić information content (AvgIpc) is 3.04. The first-order valence-electron chi connectivity index (χ1n) is 9.13. The van der Waals surface area contributed by atoms with Crippen LogP contribution in [0.15, 0.2) is 18.2 Å². The van der Waals surface area contributed by atoms with Gasteiger partial charge in [0.05, 0.1) is 25.7 Å². The van der Waals surface area contributed by atoms with Gasteiger partial charge in [0.1, 0.15) is 5.56 Å². The van der Waals surface area contributed by atoms with E-state index in [0.29, 0.717) is 18.6 Å². The monoisotopic (exact) mass is 413 g/mol. The third kappa shape index (κ3) is 4.95. The van der Waals surface area contributed by atoms with Gasteiger partial charge in [-0.05, 0) is 31.9 Å². The van der Waals surface area contributed by atoms with E-state index in [1.54, 1.807) is 17.0 Å². The van der Waals surface area contributed by atoms with Crippen LogP contribution < -0.4 is 9.47 Å². The van der Waals surface area contributed by atoms with Crippen molar-refractivity contribution in [3.63, 3.8) is 0 Å². The fourth-order valence-corrected chi connectivity index (χ4v) is 5.04. The van der Waals surface area contributed by atoms with Crippen molar-refractivity contribution in [3.05, 3.63) is 23.8 Å². The minimum absolute atomic E-state index is 0.0548. The summed E-state index contributed by atoms with van der Waals surface area (Å²) in [6.07, 6.45) is 1.07. The van der Waals surface area contributed by atoms with Crippen LogP contribution in [0.1, 0.15) is 37.0 Å². The van der Waals surface area contributed by atoms with Crippen LogP contribution in [0.25, 0.3) is 0 Å². The van der Waals surface area contributed by atoms with E-state index in [1.807, 2.05) is 13.8 Å². The molecule has 9 heteroatoms. The zero-order valence-electron chi connectivity index (χ0n) is 16.6. The predicted molar refractivity (Wildman–Crippen MR) is 103 cm³/mol. The van der Waals surface area contributed by atoms with Gasteiger partial charge < -0.3 is 19.1 Å². The van der Waals surface area contributed by atoms with E-state index in [1.165, 1.54) is 20.3 Å². The molecular formula is C19H27NO7S. The normalized spacial score (nSPS) is 18.9. The molecule has 1 amide bonds. The summed E-state index contributed by atoms with van der Waals surface area (Å²) in [5.41, 5.74) is 0.146. The van der Waals surface area contributed by atoms with E-state index in [4.69, 9.17) is 14.2 Å². The zero-order chi connectivity index (χ0) is 20.9. The van der Waals surface area contributed by atoms with Crippen LogP contribution in [-0.4, -0.2) is 69.6 Å². The van der Waals surface area contributed by atoms with Crippen molar-refractivity contribution in [3.8, 4) is 11.5 Å². The number of ether oxygens (including phenoxy) is 3. The highest BCUT2D eigenvalue weighted by atomic mass is 32.2. The summed E-state index contributed by atoms with van der Waals surface area (Å²) >= 11 is 0. The van der Waals surface area contributed by atoms with Crippen LogP contribution >= 0.6 is 0 Å². The smallest absolute Gasteiger partial charge is 0.342 e. The van der Waals surface area contributed by atoms with Crippen molar-refractivity contribution < 1.29 is 32.2 Å². The van der Waals surface area contributed by atoms with Crippen LogP contribution in [0.5, 0.6) is 11.5 Å². The van der Waals surface area contributed by atoms with Gasteiger partial charge in [0.15, 0.2) is 27.9 Å². The Morgan fingerprint density at radius 3 is 2.50 bits per heavy atom. The summed E-state index contributed by atoms with van der Waals surface area (Å²) in [6, 6.07) is 4.23. The van der Waals surface area contributed by atoms with Gasteiger partial charge in [0.25, 0.3) is 5.91 Å². The molecule has 0 unspecified atom stereocenters. The number of sulfone groups is 1. The Morgan fingerprint density at radius 1 is 1.25 bits per heavy atom. The van der Waals surface area contributed by atoms with Gasteiger partial charge in [-0.15, -0.1) is 0 Å². The largest absolute Gasteiger partial charge is 0.493 e. The van der Waals surface area contributed by atoms with Gasteiger partial charge in [-0.25, -0.2) is 13.2 Å². The van der Waals surface area contributed by atoms with Crippen molar-refractivity contribution in [1.82, 2.24) is 4.90 Å². The lowest BCUT2D eigenvalue weighted by Gasteiger charge is -2.33. The van der Waals surface area contributed by atoms with Gasteiger partial charge in [0, 0.05) is 12.1 Å². The molecule has 0 saturated carbocycles. The minimum atomic E-state index is -3.14. The summed E-state index contributed by atoms with van der Waals surface area (Å²) in [5, 5.41) is 0. The maximum atomic E-state index is 12.8. The van der Waals surface area contributed by atoms with E-state index >= 15 is 0 Å². The molecule has 1 saturated heterocycles. The summed E-state index contributed by atoms with van der Waals surface area (Å²) in [7, 11) is -0.277. The van der Waals surface area contributed by atoms with E-state index in [2.05, 4.69) is 0 Å². The lowest BCUT2D eigenvalue weighted by Crippen LogP contribution is -2.48. The lowest BCUT2D eigenvalue weighted by atomic mass is 10.1. The number of hydrogen-bond acceptors (Lipinski definition) is 7. The molecule has 0 radical (unpaired) electrons. The minimum Gasteiger partial charge on any atom is -0.493 e. The molecular weight excluding hydrogens is 386 g/mol. The van der Waals surface area contributed by atoms with Crippen LogP contribution in [0.4, 0.5) is 0 Å². The number of para-hydroxylation sites is 1. The number of benzene rings is 1. The molecule has 1 aliphatic rings. The van der Waals surface area contributed by atoms with Crippen LogP contribution in [0, 0.1) is 0 Å². The van der Waals surface area contributed by atoms with Gasteiger partial charge in [0.2, 0.25) is 0 Å². The number of carbonyl (C=O) groups excluding carboxylic acids is 2. The van der Waals surface area contributed by atoms with Gasteiger partial charge in [-0.2, -0.15) is 0 Å². The second kappa shape index (κ2) is 9.27. The topological polar surface area (TPSA) is 99.2 Å². The summed E-state index contributed by atoms with van der Waals surface area (Å²) in [6.45, 7) is 3.30. The first-order valence-corrected chi connectivity index (χ1v) is 11.0. The Kier molecular flexibility index (Phi) is 7.29. The third-order valence-corrected chi connectivity index (χ3v) is 6.66. The fourth-order valence-electron chi connectivity index (χ4n) is 3.33. The molecule has 0 aromatic heterocycles. The van der Waals surface area contributed by atoms with Gasteiger partial charge in [-0.1, -0.05) is 13.0 Å². The lowest BCUT2D eigenvalue weighted by molar-refractivity contribution is -0.138. The number of nitrogens with zero attached hydrogens (tertiary/aromatic N) is 1. The fraction of sp³-hybridized carbons (Fsp3) is 0.579. The molecule has 2 rings (SSSR count). The van der Waals surface area contributed by atoms with E-state index in [-0.39, 0.29) is 28.9 Å². The second-order valence-electron chi connectivity index (χ2n) is 6.73. The molecule has 2 atom stereocenters. The standard InChI is InChI=1S/C19H27NO7S/c1-5-13(2)20(14-9-10-28(23,24)12-14)17(21)11-27-19(22)15-7-6-8-16(25-3)18(15)26-4/h6-8,13-14H,5,9-12H2,1-4H3/t13-,14+/m0/s1. The third-order valence-electron chi connectivity index (χ3n) is 4.91. The number of rotatable bonds is 8. The zero-order valence-corrected chi connectivity index (χ0v) is 17.5. The number of carbonyl (C=O) groups is 2. The Bertz CT molecular complexity index is 822. The first-order chi connectivity index (χ1) is 13.2. The molecule has 156 valence electrons. The molecule has 1 aliphatic heterocycles. The van der Waals surface area contributed by atoms with Gasteiger partial charge in [-0.3, -0.25) is 4.79 Å². The Balaban J connectivity index is 2.11. The highest BCUT2D eigenvalue weighted by Gasteiger charge is 2.36. The van der Waals surface area contributed by atoms with Crippen molar-refractivity contribution in [2.45, 2.75) is 38.8 Å². The van der Waals surface area contributed by atoms with Gasteiger partial charge >= 0.3 is 5.97 Å². The number of methoxy groups -OCH3 is 2. The molecule has 28 heavy (non-hydrogen) atoms. The Morgan fingerprint density at radius 2 is 1.96 bits per heavy atom. The molecule has 1 aromatic carbocycles. The summed E-state index contributed by atoms with van der Waals surface area (Å²) in [5.74, 6) is -0.512. The molecule has 0 spiro atoms. The second-order valence-corrected chi connectivity index (χ2v) is 8.96. The number of hydrogen-bond donors (Lipinski definition) is 0.